The summed E-state index contributed by atoms with van der Waals surface area (Å²) in [4.78, 5) is 9.22. The zero-order valence-corrected chi connectivity index (χ0v) is 12.6. The van der Waals surface area contributed by atoms with E-state index in [0.29, 0.717) is 6.42 Å². The minimum atomic E-state index is -0.333. The minimum Gasteiger partial charge on any atom is -0.370 e. The van der Waals surface area contributed by atoms with Gasteiger partial charge in [-0.05, 0) is 12.5 Å². The average molecular weight is 262 g/mol. The number of aryl methyl sites for hydroxylation is 1. The summed E-state index contributed by atoms with van der Waals surface area (Å²) in [6, 6.07) is 10.1. The second-order valence-corrected chi connectivity index (χ2v) is 4.29. The van der Waals surface area contributed by atoms with Crippen LogP contribution in [-0.2, 0) is 11.2 Å². The maximum absolute atomic E-state index is 9.22. The second-order valence-electron chi connectivity index (χ2n) is 4.29. The maximum atomic E-state index is 9.22. The smallest absolute Gasteiger partial charge is 0.214 e. The first-order chi connectivity index (χ1) is 8.97. The van der Waals surface area contributed by atoms with E-state index < -0.39 is 0 Å². The van der Waals surface area contributed by atoms with Gasteiger partial charge in [-0.3, -0.25) is 4.79 Å². The fraction of sp³-hybridized carbons (Fsp3) is 0.500. The summed E-state index contributed by atoms with van der Waals surface area (Å²) < 4.78 is 0. The number of carbonyl (C=O) groups excluding carboxylic acids is 1. The van der Waals surface area contributed by atoms with Crippen LogP contribution in [0.2, 0.25) is 0 Å². The Morgan fingerprint density at radius 2 is 1.84 bits per heavy atom. The van der Waals surface area contributed by atoms with Gasteiger partial charge in [0.2, 0.25) is 5.91 Å². The van der Waals surface area contributed by atoms with Crippen molar-refractivity contribution in [3.8, 4) is 6.07 Å². The van der Waals surface area contributed by atoms with Gasteiger partial charge in [-0.15, -0.1) is 0 Å². The van der Waals surface area contributed by atoms with Crippen LogP contribution in [-0.4, -0.2) is 5.91 Å². The Bertz CT molecular complexity index is 375. The summed E-state index contributed by atoms with van der Waals surface area (Å²) in [6.45, 7) is 7.76. The van der Waals surface area contributed by atoms with Crippen LogP contribution in [0.15, 0.2) is 24.3 Å². The van der Waals surface area contributed by atoms with Crippen molar-refractivity contribution in [1.82, 2.24) is 0 Å². The Balaban J connectivity index is 0. The van der Waals surface area contributed by atoms with Crippen LogP contribution in [0.3, 0.4) is 0 Å². The predicted molar refractivity (Wildman–Crippen MR) is 80.6 cm³/mol. The molecule has 1 amide bonds. The van der Waals surface area contributed by atoms with Crippen LogP contribution >= 0.6 is 0 Å². The van der Waals surface area contributed by atoms with Crippen molar-refractivity contribution in [2.45, 2.75) is 53.4 Å². The van der Waals surface area contributed by atoms with Crippen molar-refractivity contribution < 1.29 is 4.79 Å². The Labute approximate surface area is 117 Å². The lowest BCUT2D eigenvalue weighted by Crippen LogP contribution is -2.01. The summed E-state index contributed by atoms with van der Waals surface area (Å²) >= 11 is 0. The van der Waals surface area contributed by atoms with Crippen LogP contribution in [0.4, 0.5) is 0 Å². The highest BCUT2D eigenvalue weighted by atomic mass is 16.1. The lowest BCUT2D eigenvalue weighted by Gasteiger charge is -1.94. The number of carbonyl (C=O) groups is 1. The third-order valence-electron chi connectivity index (χ3n) is 2.07. The number of hydrogen-bond acceptors (Lipinski definition) is 2. The van der Waals surface area contributed by atoms with E-state index in [1.807, 2.05) is 31.2 Å². The molecular formula is C16H26N2O. The van der Waals surface area contributed by atoms with Gasteiger partial charge >= 0.3 is 0 Å². The molecular weight excluding hydrogens is 236 g/mol. The quantitative estimate of drug-likeness (QED) is 0.901. The van der Waals surface area contributed by atoms with E-state index in [9.17, 15) is 4.79 Å². The van der Waals surface area contributed by atoms with Gasteiger partial charge in [0, 0.05) is 6.92 Å². The molecule has 0 aromatic heterocycles. The van der Waals surface area contributed by atoms with Crippen LogP contribution in [0, 0.1) is 18.3 Å². The molecule has 3 nitrogen and oxygen atoms in total. The molecule has 0 atom stereocenters. The zero-order chi connectivity index (χ0) is 15.1. The second kappa shape index (κ2) is 14.2. The summed E-state index contributed by atoms with van der Waals surface area (Å²) in [5.74, 6) is -0.333. The molecule has 0 aliphatic carbocycles. The molecule has 1 aromatic rings. The van der Waals surface area contributed by atoms with Gasteiger partial charge in [-0.1, -0.05) is 62.9 Å². The molecule has 0 bridgehead atoms. The van der Waals surface area contributed by atoms with Crippen LogP contribution in [0.25, 0.3) is 0 Å². The predicted octanol–water partition coefficient (Wildman–Crippen LogP) is 3.75. The third kappa shape index (κ3) is 18.7. The van der Waals surface area contributed by atoms with Gasteiger partial charge in [0.25, 0.3) is 0 Å². The standard InChI is InChI=1S/C9H9N.C5H12.C2H5NO/c1-8-3-2-4-9(7-8)5-6-10;1-3-5-4-2;1-2(3)4/h2-4,7H,5H2,1H3;3-5H2,1-2H3;1H3,(H2,3,4). The minimum absolute atomic E-state index is 0.333. The lowest BCUT2D eigenvalue weighted by atomic mass is 10.1. The number of primary amides is 1. The van der Waals surface area contributed by atoms with Gasteiger partial charge in [0.1, 0.15) is 0 Å². The lowest BCUT2D eigenvalue weighted by molar-refractivity contribution is -0.115. The van der Waals surface area contributed by atoms with Crippen molar-refractivity contribution in [3.63, 3.8) is 0 Å². The van der Waals surface area contributed by atoms with Crippen molar-refractivity contribution in [2.24, 2.45) is 5.73 Å². The Kier molecular flexibility index (Phi) is 14.6. The van der Waals surface area contributed by atoms with E-state index in [4.69, 9.17) is 5.26 Å². The monoisotopic (exact) mass is 262 g/mol. The van der Waals surface area contributed by atoms with E-state index in [1.165, 1.54) is 31.7 Å². The largest absolute Gasteiger partial charge is 0.370 e. The van der Waals surface area contributed by atoms with Gasteiger partial charge in [0.05, 0.1) is 12.5 Å². The van der Waals surface area contributed by atoms with E-state index >= 15 is 0 Å². The maximum Gasteiger partial charge on any atom is 0.214 e. The Morgan fingerprint density at radius 3 is 2.16 bits per heavy atom. The molecule has 0 radical (unpaired) electrons. The van der Waals surface area contributed by atoms with Gasteiger partial charge < -0.3 is 5.73 Å². The van der Waals surface area contributed by atoms with Crippen LogP contribution in [0.1, 0.15) is 51.2 Å². The molecule has 3 heteroatoms. The number of benzene rings is 1. The molecule has 1 rings (SSSR count). The first-order valence-corrected chi connectivity index (χ1v) is 6.66. The molecule has 0 saturated heterocycles. The van der Waals surface area contributed by atoms with Crippen molar-refractivity contribution in [2.75, 3.05) is 0 Å². The number of amides is 1. The number of hydrogen-bond donors (Lipinski definition) is 1. The molecule has 1 aromatic carbocycles. The Morgan fingerprint density at radius 1 is 1.32 bits per heavy atom. The number of nitrogens with zero attached hydrogens (tertiary/aromatic N) is 1. The summed E-state index contributed by atoms with van der Waals surface area (Å²) in [5.41, 5.74) is 6.79. The van der Waals surface area contributed by atoms with Crippen molar-refractivity contribution in [1.29, 1.82) is 5.26 Å². The van der Waals surface area contributed by atoms with Crippen LogP contribution in [0.5, 0.6) is 0 Å². The molecule has 2 N–H and O–H groups in total. The number of rotatable bonds is 3. The molecule has 19 heavy (non-hydrogen) atoms. The van der Waals surface area contributed by atoms with Crippen molar-refractivity contribution >= 4 is 5.91 Å². The fourth-order valence-corrected chi connectivity index (χ4v) is 1.27. The molecule has 0 saturated carbocycles. The topological polar surface area (TPSA) is 66.9 Å². The highest BCUT2D eigenvalue weighted by Crippen LogP contribution is 2.03. The number of unbranched alkanes of at least 4 members (excludes halogenated alkanes) is 2. The first kappa shape index (κ1) is 19.5. The van der Waals surface area contributed by atoms with Gasteiger partial charge in [-0.2, -0.15) is 5.26 Å². The van der Waals surface area contributed by atoms with E-state index in [-0.39, 0.29) is 5.91 Å². The van der Waals surface area contributed by atoms with Gasteiger partial charge in [-0.25, -0.2) is 0 Å². The SMILES string of the molecule is CC(N)=O.CCCCC.Cc1cccc(CC#N)c1. The molecule has 0 spiro atoms. The third-order valence-corrected chi connectivity index (χ3v) is 2.07. The van der Waals surface area contributed by atoms with Crippen LogP contribution < -0.4 is 5.73 Å². The summed E-state index contributed by atoms with van der Waals surface area (Å²) in [5, 5.41) is 8.36. The molecule has 0 unspecified atom stereocenters. The highest BCUT2D eigenvalue weighted by Gasteiger charge is 1.89. The van der Waals surface area contributed by atoms with Crippen molar-refractivity contribution in [3.05, 3.63) is 35.4 Å². The fourth-order valence-electron chi connectivity index (χ4n) is 1.27. The highest BCUT2D eigenvalue weighted by molar-refractivity contribution is 5.70. The zero-order valence-electron chi connectivity index (χ0n) is 12.6. The number of nitriles is 1. The first-order valence-electron chi connectivity index (χ1n) is 6.66. The molecule has 0 aliphatic rings. The number of nitrogens with two attached hydrogens (primary N) is 1. The Hall–Kier alpha value is -1.82. The normalized spacial score (nSPS) is 8.16. The summed E-state index contributed by atoms with van der Waals surface area (Å²) in [7, 11) is 0. The average Bonchev–Trinajstić information content (AvgIpc) is 2.30. The van der Waals surface area contributed by atoms with Gasteiger partial charge in [0.15, 0.2) is 0 Å². The molecule has 0 aliphatic heterocycles. The van der Waals surface area contributed by atoms with E-state index in [1.54, 1.807) is 0 Å². The molecule has 106 valence electrons. The summed E-state index contributed by atoms with van der Waals surface area (Å²) in [6.07, 6.45) is 4.59. The van der Waals surface area contributed by atoms with E-state index in [2.05, 4.69) is 25.7 Å². The molecule has 0 fully saturated rings. The van der Waals surface area contributed by atoms with E-state index in [0.717, 1.165) is 5.56 Å². The molecule has 0 heterocycles.